The van der Waals surface area contributed by atoms with Gasteiger partial charge in [-0.15, -0.1) is 0 Å². The summed E-state index contributed by atoms with van der Waals surface area (Å²) in [5.74, 6) is -0.442. The minimum Gasteiger partial charge on any atom is -0.366 e. The third-order valence-electron chi connectivity index (χ3n) is 6.10. The molecule has 1 aromatic rings. The van der Waals surface area contributed by atoms with Gasteiger partial charge in [-0.2, -0.15) is 0 Å². The lowest BCUT2D eigenvalue weighted by Crippen LogP contribution is -2.59. The van der Waals surface area contributed by atoms with Crippen LogP contribution < -0.4 is 11.1 Å². The number of rotatable bonds is 3. The molecule has 0 unspecified atom stereocenters. The summed E-state index contributed by atoms with van der Waals surface area (Å²) < 4.78 is 0. The van der Waals surface area contributed by atoms with E-state index in [9.17, 15) is 9.59 Å². The SMILES string of the molecule is CN1CCC2(CC1)CN(C(=O)NCc1ccc(C(N)=O)cc1)CCCN2C. The van der Waals surface area contributed by atoms with Gasteiger partial charge in [0.1, 0.15) is 0 Å². The van der Waals surface area contributed by atoms with E-state index in [4.69, 9.17) is 5.73 Å². The van der Waals surface area contributed by atoms with Gasteiger partial charge in [0.15, 0.2) is 0 Å². The summed E-state index contributed by atoms with van der Waals surface area (Å²) in [6, 6.07) is 7.03. The van der Waals surface area contributed by atoms with Crippen LogP contribution in [0.15, 0.2) is 24.3 Å². The minimum absolute atomic E-state index is 0.0115. The molecule has 7 heteroatoms. The van der Waals surface area contributed by atoms with Gasteiger partial charge in [-0.05, 0) is 64.1 Å². The molecule has 0 aromatic heterocycles. The van der Waals surface area contributed by atoms with Gasteiger partial charge in [0.05, 0.1) is 0 Å². The van der Waals surface area contributed by atoms with Gasteiger partial charge in [0.25, 0.3) is 0 Å². The molecule has 3 amide bonds. The van der Waals surface area contributed by atoms with Crippen molar-refractivity contribution in [3.05, 3.63) is 35.4 Å². The van der Waals surface area contributed by atoms with Crippen molar-refractivity contribution in [2.45, 2.75) is 31.3 Å². The number of carbonyl (C=O) groups excluding carboxylic acids is 2. The zero-order valence-electron chi connectivity index (χ0n) is 16.4. The van der Waals surface area contributed by atoms with Gasteiger partial charge >= 0.3 is 6.03 Å². The molecule has 0 atom stereocenters. The van der Waals surface area contributed by atoms with E-state index in [0.29, 0.717) is 12.1 Å². The second kappa shape index (κ2) is 8.27. The number of carbonyl (C=O) groups is 2. The fourth-order valence-electron chi connectivity index (χ4n) is 4.12. The largest absolute Gasteiger partial charge is 0.366 e. The highest BCUT2D eigenvalue weighted by Crippen LogP contribution is 2.30. The molecule has 2 aliphatic rings. The smallest absolute Gasteiger partial charge is 0.317 e. The normalized spacial score (nSPS) is 21.0. The van der Waals surface area contributed by atoms with Gasteiger partial charge < -0.3 is 20.9 Å². The maximum Gasteiger partial charge on any atom is 0.317 e. The Bertz CT molecular complexity index is 667. The van der Waals surface area contributed by atoms with Crippen LogP contribution in [-0.4, -0.2) is 79.0 Å². The molecule has 0 aliphatic carbocycles. The average molecular weight is 374 g/mol. The molecule has 27 heavy (non-hydrogen) atoms. The molecule has 2 aliphatic heterocycles. The molecule has 0 bridgehead atoms. The van der Waals surface area contributed by atoms with Gasteiger partial charge in [-0.1, -0.05) is 12.1 Å². The highest BCUT2D eigenvalue weighted by atomic mass is 16.2. The van der Waals surface area contributed by atoms with Crippen LogP contribution in [0.3, 0.4) is 0 Å². The number of hydrogen-bond donors (Lipinski definition) is 2. The van der Waals surface area contributed by atoms with E-state index in [1.54, 1.807) is 12.1 Å². The molecule has 7 nitrogen and oxygen atoms in total. The lowest BCUT2D eigenvalue weighted by Gasteiger charge is -2.47. The fraction of sp³-hybridized carbons (Fsp3) is 0.600. The lowest BCUT2D eigenvalue weighted by atomic mass is 9.85. The van der Waals surface area contributed by atoms with Gasteiger partial charge in [-0.3, -0.25) is 9.69 Å². The maximum absolute atomic E-state index is 12.8. The monoisotopic (exact) mass is 373 g/mol. The molecular formula is C20H31N5O2. The first-order valence-electron chi connectivity index (χ1n) is 9.71. The first kappa shape index (κ1) is 19.6. The second-order valence-electron chi connectivity index (χ2n) is 7.94. The van der Waals surface area contributed by atoms with E-state index in [-0.39, 0.29) is 11.6 Å². The summed E-state index contributed by atoms with van der Waals surface area (Å²) in [5, 5.41) is 3.03. The van der Waals surface area contributed by atoms with Crippen molar-refractivity contribution in [2.75, 3.05) is 46.8 Å². The summed E-state index contributed by atoms with van der Waals surface area (Å²) in [6.07, 6.45) is 3.19. The molecule has 1 aromatic carbocycles. The first-order valence-corrected chi connectivity index (χ1v) is 9.71. The molecule has 148 valence electrons. The van der Waals surface area contributed by atoms with Gasteiger partial charge in [0.2, 0.25) is 5.91 Å². The number of nitrogens with zero attached hydrogens (tertiary/aromatic N) is 3. The predicted octanol–water partition coefficient (Wildman–Crippen LogP) is 1.10. The molecule has 3 N–H and O–H groups in total. The second-order valence-corrected chi connectivity index (χ2v) is 7.94. The Hall–Kier alpha value is -2.12. The summed E-state index contributed by atoms with van der Waals surface area (Å²) in [5.41, 5.74) is 6.78. The van der Waals surface area contributed by atoms with Crippen molar-refractivity contribution in [3.63, 3.8) is 0 Å². The highest BCUT2D eigenvalue weighted by molar-refractivity contribution is 5.92. The van der Waals surface area contributed by atoms with Crippen LogP contribution in [-0.2, 0) is 6.54 Å². The topological polar surface area (TPSA) is 81.9 Å². The standard InChI is InChI=1S/C20H31N5O2/c1-23-12-8-20(9-13-23)15-25(11-3-10-24(20)2)19(27)22-14-16-4-6-17(7-5-16)18(21)26/h4-7H,3,8-15H2,1-2H3,(H2,21,26)(H,22,27). The Labute approximate surface area is 161 Å². The zero-order valence-corrected chi connectivity index (χ0v) is 16.4. The van der Waals surface area contributed by atoms with Crippen LogP contribution in [0, 0.1) is 0 Å². The molecule has 2 fully saturated rings. The van der Waals surface area contributed by atoms with Crippen molar-refractivity contribution in [2.24, 2.45) is 5.73 Å². The molecule has 1 spiro atoms. The van der Waals surface area contributed by atoms with Gasteiger partial charge in [-0.25, -0.2) is 4.79 Å². The molecule has 0 radical (unpaired) electrons. The number of nitrogens with two attached hydrogens (primary N) is 1. The van der Waals surface area contributed by atoms with Crippen LogP contribution in [0.5, 0.6) is 0 Å². The number of piperidine rings is 1. The van der Waals surface area contributed by atoms with E-state index < -0.39 is 5.91 Å². The van der Waals surface area contributed by atoms with E-state index in [0.717, 1.165) is 57.5 Å². The molecule has 2 saturated heterocycles. The number of nitrogens with one attached hydrogen (secondary N) is 1. The van der Waals surface area contributed by atoms with Crippen LogP contribution in [0.1, 0.15) is 35.2 Å². The number of urea groups is 1. The number of likely N-dealkylation sites (tertiary alicyclic amines) is 1. The van der Waals surface area contributed by atoms with Crippen molar-refractivity contribution in [1.82, 2.24) is 20.0 Å². The molecule has 2 heterocycles. The van der Waals surface area contributed by atoms with Crippen LogP contribution >= 0.6 is 0 Å². The average Bonchev–Trinajstić information content (AvgIpc) is 2.82. The highest BCUT2D eigenvalue weighted by Gasteiger charge is 2.41. The van der Waals surface area contributed by atoms with Gasteiger partial charge in [0, 0.05) is 37.3 Å². The third kappa shape index (κ3) is 4.59. The minimum atomic E-state index is -0.442. The number of amides is 3. The molecular weight excluding hydrogens is 342 g/mol. The number of benzene rings is 1. The Morgan fingerprint density at radius 1 is 1.07 bits per heavy atom. The Morgan fingerprint density at radius 3 is 2.37 bits per heavy atom. The van der Waals surface area contributed by atoms with Crippen LogP contribution in [0.4, 0.5) is 4.79 Å². The zero-order chi connectivity index (χ0) is 19.4. The summed E-state index contributed by atoms with van der Waals surface area (Å²) in [4.78, 5) is 30.8. The fourth-order valence-corrected chi connectivity index (χ4v) is 4.12. The maximum atomic E-state index is 12.8. The summed E-state index contributed by atoms with van der Waals surface area (Å²) in [7, 11) is 4.37. The lowest BCUT2D eigenvalue weighted by molar-refractivity contribution is 0.0412. The summed E-state index contributed by atoms with van der Waals surface area (Å²) >= 11 is 0. The van der Waals surface area contributed by atoms with Crippen molar-refractivity contribution >= 4 is 11.9 Å². The van der Waals surface area contributed by atoms with E-state index in [1.807, 2.05) is 17.0 Å². The van der Waals surface area contributed by atoms with E-state index in [2.05, 4.69) is 29.2 Å². The molecule has 3 rings (SSSR count). The number of likely N-dealkylation sites (N-methyl/N-ethyl adjacent to an activating group) is 1. The Kier molecular flexibility index (Phi) is 6.01. The van der Waals surface area contributed by atoms with Crippen molar-refractivity contribution in [3.8, 4) is 0 Å². The van der Waals surface area contributed by atoms with Crippen LogP contribution in [0.2, 0.25) is 0 Å². The van der Waals surface area contributed by atoms with E-state index >= 15 is 0 Å². The quantitative estimate of drug-likeness (QED) is 0.831. The van der Waals surface area contributed by atoms with Crippen molar-refractivity contribution in [1.29, 1.82) is 0 Å². The van der Waals surface area contributed by atoms with E-state index in [1.165, 1.54) is 0 Å². The number of primary amides is 1. The predicted molar refractivity (Wildman–Crippen MR) is 105 cm³/mol. The van der Waals surface area contributed by atoms with Crippen LogP contribution in [0.25, 0.3) is 0 Å². The Morgan fingerprint density at radius 2 is 1.74 bits per heavy atom. The number of hydrogen-bond acceptors (Lipinski definition) is 4. The molecule has 0 saturated carbocycles. The third-order valence-corrected chi connectivity index (χ3v) is 6.10. The van der Waals surface area contributed by atoms with Crippen molar-refractivity contribution < 1.29 is 9.59 Å². The summed E-state index contributed by atoms with van der Waals surface area (Å²) in [6.45, 7) is 5.19. The Balaban J connectivity index is 1.60. The first-order chi connectivity index (χ1) is 12.9.